The van der Waals surface area contributed by atoms with Crippen LogP contribution in [0.25, 0.3) is 10.1 Å². The highest BCUT2D eigenvalue weighted by molar-refractivity contribution is 7.21. The zero-order chi connectivity index (χ0) is 15.0. The summed E-state index contributed by atoms with van der Waals surface area (Å²) in [5, 5.41) is 4.07. The number of hydrogen-bond donors (Lipinski definition) is 2. The fourth-order valence-electron chi connectivity index (χ4n) is 2.78. The van der Waals surface area contributed by atoms with Gasteiger partial charge in [-0.3, -0.25) is 4.79 Å². The van der Waals surface area contributed by atoms with Crippen LogP contribution in [0.15, 0.2) is 18.2 Å². The third-order valence-corrected chi connectivity index (χ3v) is 5.09. The van der Waals surface area contributed by atoms with E-state index in [1.54, 1.807) is 0 Å². The van der Waals surface area contributed by atoms with Crippen LogP contribution in [0, 0.1) is 6.92 Å². The maximum Gasteiger partial charge on any atom is 0.263 e. The van der Waals surface area contributed by atoms with Crippen molar-refractivity contribution in [3.8, 4) is 0 Å². The molecule has 2 atom stereocenters. The lowest BCUT2D eigenvalue weighted by molar-refractivity contribution is 0.0137. The van der Waals surface area contributed by atoms with E-state index in [2.05, 4.69) is 5.32 Å². The lowest BCUT2D eigenvalue weighted by atomic mass is 10.0. The molecule has 0 bridgehead atoms. The molecule has 2 aromatic rings. The largest absolute Gasteiger partial charge is 0.397 e. The first-order chi connectivity index (χ1) is 10.0. The molecular weight excluding hydrogens is 284 g/mol. The van der Waals surface area contributed by atoms with Gasteiger partial charge in [0.25, 0.3) is 5.91 Å². The molecule has 4 nitrogen and oxygen atoms in total. The van der Waals surface area contributed by atoms with Gasteiger partial charge < -0.3 is 15.8 Å². The zero-order valence-corrected chi connectivity index (χ0v) is 13.1. The summed E-state index contributed by atoms with van der Waals surface area (Å²) in [5.41, 5.74) is 7.91. The van der Waals surface area contributed by atoms with Gasteiger partial charge in [0.1, 0.15) is 4.88 Å². The Balaban J connectivity index is 1.82. The molecule has 3 rings (SSSR count). The molecule has 1 aliphatic heterocycles. The molecule has 2 heterocycles. The molecule has 1 aromatic heterocycles. The van der Waals surface area contributed by atoms with E-state index in [1.807, 2.05) is 32.0 Å². The number of rotatable bonds is 2. The quantitative estimate of drug-likeness (QED) is 0.896. The molecule has 21 heavy (non-hydrogen) atoms. The van der Waals surface area contributed by atoms with Crippen LogP contribution in [-0.4, -0.2) is 24.7 Å². The van der Waals surface area contributed by atoms with Crippen molar-refractivity contribution < 1.29 is 9.53 Å². The first kappa shape index (κ1) is 14.4. The number of carbonyl (C=O) groups is 1. The van der Waals surface area contributed by atoms with Gasteiger partial charge in [0.05, 0.1) is 11.8 Å². The molecule has 1 amide bonds. The summed E-state index contributed by atoms with van der Waals surface area (Å²) in [6.45, 7) is 4.77. The van der Waals surface area contributed by atoms with Crippen molar-refractivity contribution in [2.75, 3.05) is 12.3 Å². The van der Waals surface area contributed by atoms with E-state index < -0.39 is 0 Å². The SMILES string of the molecule is Cc1ccc2sc(C(=O)NC3CCOC(C)C3)c(N)c2c1. The van der Waals surface area contributed by atoms with Gasteiger partial charge in [-0.25, -0.2) is 0 Å². The lowest BCUT2D eigenvalue weighted by Gasteiger charge is -2.27. The number of nitrogens with two attached hydrogens (primary N) is 1. The van der Waals surface area contributed by atoms with Crippen molar-refractivity contribution in [3.05, 3.63) is 28.6 Å². The number of nitrogens with one attached hydrogen (secondary N) is 1. The molecule has 1 saturated heterocycles. The van der Waals surface area contributed by atoms with Crippen molar-refractivity contribution in [1.82, 2.24) is 5.32 Å². The van der Waals surface area contributed by atoms with Crippen LogP contribution in [0.1, 0.15) is 35.0 Å². The molecule has 5 heteroatoms. The number of fused-ring (bicyclic) bond motifs is 1. The number of thiophene rings is 1. The Hall–Kier alpha value is -1.59. The number of aryl methyl sites for hydroxylation is 1. The highest BCUT2D eigenvalue weighted by Crippen LogP contribution is 2.34. The third kappa shape index (κ3) is 2.89. The van der Waals surface area contributed by atoms with E-state index in [-0.39, 0.29) is 18.1 Å². The molecule has 0 spiro atoms. The molecule has 2 unspecified atom stereocenters. The second kappa shape index (κ2) is 5.66. The summed E-state index contributed by atoms with van der Waals surface area (Å²) in [5.74, 6) is -0.0644. The van der Waals surface area contributed by atoms with Gasteiger partial charge in [0.15, 0.2) is 0 Å². The maximum atomic E-state index is 12.5. The Morgan fingerprint density at radius 3 is 3.05 bits per heavy atom. The van der Waals surface area contributed by atoms with Gasteiger partial charge in [0.2, 0.25) is 0 Å². The summed E-state index contributed by atoms with van der Waals surface area (Å²) >= 11 is 1.46. The second-order valence-corrected chi connectivity index (χ2v) is 6.77. The van der Waals surface area contributed by atoms with E-state index in [0.29, 0.717) is 17.2 Å². The van der Waals surface area contributed by atoms with Crippen LogP contribution in [0.3, 0.4) is 0 Å². The fraction of sp³-hybridized carbons (Fsp3) is 0.438. The predicted molar refractivity (Wildman–Crippen MR) is 86.9 cm³/mol. The monoisotopic (exact) mass is 304 g/mol. The Morgan fingerprint density at radius 1 is 1.48 bits per heavy atom. The molecular formula is C16H20N2O2S. The summed E-state index contributed by atoms with van der Waals surface area (Å²) < 4.78 is 6.57. The van der Waals surface area contributed by atoms with E-state index >= 15 is 0 Å². The number of carbonyl (C=O) groups excluding carboxylic acids is 1. The summed E-state index contributed by atoms with van der Waals surface area (Å²) in [6.07, 6.45) is 1.92. The molecule has 0 aliphatic carbocycles. The average molecular weight is 304 g/mol. The normalized spacial score (nSPS) is 22.4. The lowest BCUT2D eigenvalue weighted by Crippen LogP contribution is -2.41. The maximum absolute atomic E-state index is 12.5. The van der Waals surface area contributed by atoms with Crippen LogP contribution >= 0.6 is 11.3 Å². The Morgan fingerprint density at radius 2 is 2.29 bits per heavy atom. The van der Waals surface area contributed by atoms with Crippen molar-refractivity contribution in [2.24, 2.45) is 0 Å². The minimum absolute atomic E-state index is 0.0644. The Labute approximate surface area is 128 Å². The zero-order valence-electron chi connectivity index (χ0n) is 12.3. The van der Waals surface area contributed by atoms with E-state index in [0.717, 1.165) is 28.5 Å². The summed E-state index contributed by atoms with van der Waals surface area (Å²) in [6, 6.07) is 6.28. The predicted octanol–water partition coefficient (Wildman–Crippen LogP) is 3.09. The topological polar surface area (TPSA) is 64.3 Å². The molecule has 112 valence electrons. The van der Waals surface area contributed by atoms with Crippen molar-refractivity contribution >= 4 is 33.0 Å². The van der Waals surface area contributed by atoms with E-state index in [9.17, 15) is 4.79 Å². The number of ether oxygens (including phenoxy) is 1. The molecule has 0 saturated carbocycles. The van der Waals surface area contributed by atoms with Crippen molar-refractivity contribution in [2.45, 2.75) is 38.8 Å². The third-order valence-electron chi connectivity index (χ3n) is 3.91. The fourth-order valence-corrected chi connectivity index (χ4v) is 3.79. The van der Waals surface area contributed by atoms with Gasteiger partial charge in [-0.15, -0.1) is 11.3 Å². The smallest absolute Gasteiger partial charge is 0.263 e. The van der Waals surface area contributed by atoms with Crippen LogP contribution in [-0.2, 0) is 4.74 Å². The average Bonchev–Trinajstić information content (AvgIpc) is 2.76. The van der Waals surface area contributed by atoms with Gasteiger partial charge in [-0.1, -0.05) is 11.6 Å². The molecule has 1 fully saturated rings. The molecule has 0 radical (unpaired) electrons. The number of amides is 1. The number of benzene rings is 1. The molecule has 1 aromatic carbocycles. The Kier molecular flexibility index (Phi) is 3.87. The van der Waals surface area contributed by atoms with Crippen LogP contribution in [0.5, 0.6) is 0 Å². The summed E-state index contributed by atoms with van der Waals surface area (Å²) in [7, 11) is 0. The highest BCUT2D eigenvalue weighted by Gasteiger charge is 2.23. The van der Waals surface area contributed by atoms with Crippen molar-refractivity contribution in [1.29, 1.82) is 0 Å². The van der Waals surface area contributed by atoms with Crippen LogP contribution in [0.4, 0.5) is 5.69 Å². The van der Waals surface area contributed by atoms with E-state index in [1.165, 1.54) is 11.3 Å². The first-order valence-corrected chi connectivity index (χ1v) is 8.07. The molecule has 1 aliphatic rings. The van der Waals surface area contributed by atoms with E-state index in [4.69, 9.17) is 10.5 Å². The minimum atomic E-state index is -0.0644. The van der Waals surface area contributed by atoms with Gasteiger partial charge in [-0.2, -0.15) is 0 Å². The van der Waals surface area contributed by atoms with Crippen LogP contribution in [0.2, 0.25) is 0 Å². The van der Waals surface area contributed by atoms with Gasteiger partial charge >= 0.3 is 0 Å². The van der Waals surface area contributed by atoms with Gasteiger partial charge in [-0.05, 0) is 38.8 Å². The number of anilines is 1. The summed E-state index contributed by atoms with van der Waals surface area (Å²) in [4.78, 5) is 13.1. The van der Waals surface area contributed by atoms with Crippen LogP contribution < -0.4 is 11.1 Å². The standard InChI is InChI=1S/C16H20N2O2S/c1-9-3-4-13-12(7-9)14(17)15(21-13)16(19)18-11-5-6-20-10(2)8-11/h3-4,7,10-11H,5-6,8,17H2,1-2H3,(H,18,19). The number of hydrogen-bond acceptors (Lipinski definition) is 4. The first-order valence-electron chi connectivity index (χ1n) is 7.25. The second-order valence-electron chi connectivity index (χ2n) is 5.72. The number of nitrogen functional groups attached to an aromatic ring is 1. The Bertz CT molecular complexity index is 680. The van der Waals surface area contributed by atoms with Gasteiger partial charge in [0, 0.05) is 22.7 Å². The highest BCUT2D eigenvalue weighted by atomic mass is 32.1. The van der Waals surface area contributed by atoms with Crippen molar-refractivity contribution in [3.63, 3.8) is 0 Å². The minimum Gasteiger partial charge on any atom is -0.397 e. The molecule has 3 N–H and O–H groups in total.